The lowest BCUT2D eigenvalue weighted by Crippen LogP contribution is -2.31. The Morgan fingerprint density at radius 2 is 2.35 bits per heavy atom. The van der Waals surface area contributed by atoms with Crippen molar-refractivity contribution < 1.29 is 4.74 Å². The van der Waals surface area contributed by atoms with Gasteiger partial charge in [0.2, 0.25) is 0 Å². The maximum Gasteiger partial charge on any atom is 0.142 e. The highest BCUT2D eigenvalue weighted by Gasteiger charge is 2.41. The number of aryl methyl sites for hydroxylation is 2. The number of hydrogen-bond acceptors (Lipinski definition) is 4. The van der Waals surface area contributed by atoms with Crippen LogP contribution in [0.3, 0.4) is 0 Å². The molecule has 1 aromatic rings. The molecule has 3 rings (SSSR count). The lowest BCUT2D eigenvalue weighted by molar-refractivity contribution is 0.102. The summed E-state index contributed by atoms with van der Waals surface area (Å²) in [4.78, 5) is 0. The van der Waals surface area contributed by atoms with E-state index in [1.54, 1.807) is 4.68 Å². The average molecular weight is 232 g/mol. The minimum atomic E-state index is 0.307. The molecule has 2 fully saturated rings. The molecule has 17 heavy (non-hydrogen) atoms. The van der Waals surface area contributed by atoms with E-state index in [9.17, 15) is 0 Å². The van der Waals surface area contributed by atoms with Crippen molar-refractivity contribution in [2.24, 2.45) is 7.05 Å². The van der Waals surface area contributed by atoms with Gasteiger partial charge in [-0.3, -0.25) is 4.68 Å². The molecule has 5 nitrogen and oxygen atoms in total. The number of anilines is 1. The molecule has 2 aliphatic heterocycles. The number of rotatable bonds is 2. The van der Waals surface area contributed by atoms with Crippen molar-refractivity contribution in [2.45, 2.75) is 44.4 Å². The van der Waals surface area contributed by atoms with Crippen LogP contribution in [-0.4, -0.2) is 28.0 Å². The maximum atomic E-state index is 9.14. The second kappa shape index (κ2) is 3.74. The van der Waals surface area contributed by atoms with E-state index < -0.39 is 0 Å². The SMILES string of the molecule is Cc1nn(C)c(NC2CC3CCC2O3)c1C#N. The van der Waals surface area contributed by atoms with Crippen LogP contribution in [0.15, 0.2) is 0 Å². The summed E-state index contributed by atoms with van der Waals surface area (Å²) in [5, 5.41) is 16.9. The zero-order valence-electron chi connectivity index (χ0n) is 10.1. The summed E-state index contributed by atoms with van der Waals surface area (Å²) in [6.07, 6.45) is 4.07. The number of nitrogens with one attached hydrogen (secondary N) is 1. The lowest BCUT2D eigenvalue weighted by Gasteiger charge is -2.21. The molecule has 3 unspecified atom stereocenters. The van der Waals surface area contributed by atoms with E-state index in [-0.39, 0.29) is 0 Å². The Kier molecular flexibility index (Phi) is 2.33. The number of aromatic nitrogens is 2. The fraction of sp³-hybridized carbons (Fsp3) is 0.667. The first-order chi connectivity index (χ1) is 8.19. The molecule has 2 bridgehead atoms. The summed E-state index contributed by atoms with van der Waals surface area (Å²) in [5.41, 5.74) is 1.43. The third-order valence-corrected chi connectivity index (χ3v) is 3.76. The largest absolute Gasteiger partial charge is 0.373 e. The summed E-state index contributed by atoms with van der Waals surface area (Å²) in [7, 11) is 1.87. The molecule has 2 aliphatic rings. The van der Waals surface area contributed by atoms with Gasteiger partial charge < -0.3 is 10.1 Å². The van der Waals surface area contributed by atoms with Gasteiger partial charge in [-0.2, -0.15) is 10.4 Å². The van der Waals surface area contributed by atoms with Gasteiger partial charge in [0.05, 0.1) is 23.9 Å². The molecule has 0 aromatic carbocycles. The summed E-state index contributed by atoms with van der Waals surface area (Å²) in [6, 6.07) is 2.55. The Bertz CT molecular complexity index is 487. The lowest BCUT2D eigenvalue weighted by atomic mass is 9.95. The normalized spacial score (nSPS) is 30.5. The van der Waals surface area contributed by atoms with Crippen LogP contribution in [0, 0.1) is 18.3 Å². The zero-order valence-corrected chi connectivity index (χ0v) is 10.1. The van der Waals surface area contributed by atoms with Crippen molar-refractivity contribution in [3.8, 4) is 6.07 Å². The molecule has 1 N–H and O–H groups in total. The summed E-state index contributed by atoms with van der Waals surface area (Å²) in [6.45, 7) is 1.86. The van der Waals surface area contributed by atoms with Crippen LogP contribution in [0.5, 0.6) is 0 Å². The number of ether oxygens (including phenoxy) is 1. The molecular formula is C12H16N4O. The van der Waals surface area contributed by atoms with Gasteiger partial charge in [0.25, 0.3) is 0 Å². The number of hydrogen-bond donors (Lipinski definition) is 1. The smallest absolute Gasteiger partial charge is 0.142 e. The van der Waals surface area contributed by atoms with Crippen molar-refractivity contribution in [3.63, 3.8) is 0 Å². The fourth-order valence-electron chi connectivity index (χ4n) is 2.92. The van der Waals surface area contributed by atoms with Gasteiger partial charge in [-0.1, -0.05) is 0 Å². The van der Waals surface area contributed by atoms with E-state index in [4.69, 9.17) is 10.00 Å². The molecule has 90 valence electrons. The van der Waals surface area contributed by atoms with Crippen LogP contribution in [0.1, 0.15) is 30.5 Å². The minimum absolute atomic E-state index is 0.307. The van der Waals surface area contributed by atoms with Crippen molar-refractivity contribution in [3.05, 3.63) is 11.3 Å². The highest BCUT2D eigenvalue weighted by Crippen LogP contribution is 2.36. The van der Waals surface area contributed by atoms with Crippen LogP contribution in [0.2, 0.25) is 0 Å². The van der Waals surface area contributed by atoms with Gasteiger partial charge in [0, 0.05) is 7.05 Å². The molecule has 0 saturated carbocycles. The molecule has 2 saturated heterocycles. The predicted octanol–water partition coefficient (Wildman–Crippen LogP) is 1.33. The van der Waals surface area contributed by atoms with Gasteiger partial charge in [-0.25, -0.2) is 0 Å². The second-order valence-electron chi connectivity index (χ2n) is 4.90. The Morgan fingerprint density at radius 3 is 2.94 bits per heavy atom. The Labute approximate surface area is 100 Å². The first-order valence-electron chi connectivity index (χ1n) is 6.04. The van der Waals surface area contributed by atoms with Crippen molar-refractivity contribution >= 4 is 5.82 Å². The Hall–Kier alpha value is -1.54. The van der Waals surface area contributed by atoms with Crippen LogP contribution in [0.4, 0.5) is 5.82 Å². The first-order valence-corrected chi connectivity index (χ1v) is 6.04. The first kappa shape index (κ1) is 10.6. The summed E-state index contributed by atoms with van der Waals surface area (Å²) in [5.74, 6) is 0.825. The average Bonchev–Trinajstić information content (AvgIpc) is 2.95. The van der Waals surface area contributed by atoms with E-state index in [0.717, 1.165) is 24.4 Å². The van der Waals surface area contributed by atoms with Crippen molar-refractivity contribution in [1.29, 1.82) is 5.26 Å². The van der Waals surface area contributed by atoms with Gasteiger partial charge in [0.15, 0.2) is 0 Å². The third kappa shape index (κ3) is 1.60. The number of nitrogens with zero attached hydrogens (tertiary/aromatic N) is 3. The topological polar surface area (TPSA) is 62.9 Å². The molecule has 0 spiro atoms. The zero-order chi connectivity index (χ0) is 12.0. The standard InChI is InChI=1S/C12H16N4O/c1-7-9(6-13)12(16(2)15-7)14-10-5-8-3-4-11(10)17-8/h8,10-11,14H,3-5H2,1-2H3. The molecule has 0 aliphatic carbocycles. The number of fused-ring (bicyclic) bond motifs is 2. The van der Waals surface area contributed by atoms with Gasteiger partial charge >= 0.3 is 0 Å². The van der Waals surface area contributed by atoms with E-state index in [1.807, 2.05) is 14.0 Å². The van der Waals surface area contributed by atoms with E-state index in [2.05, 4.69) is 16.5 Å². The summed E-state index contributed by atoms with van der Waals surface area (Å²) < 4.78 is 7.55. The van der Waals surface area contributed by atoms with E-state index >= 15 is 0 Å². The van der Waals surface area contributed by atoms with Gasteiger partial charge in [-0.05, 0) is 26.2 Å². The van der Waals surface area contributed by atoms with Crippen LogP contribution >= 0.6 is 0 Å². The van der Waals surface area contributed by atoms with E-state index in [1.165, 1.54) is 6.42 Å². The van der Waals surface area contributed by atoms with Crippen molar-refractivity contribution in [1.82, 2.24) is 9.78 Å². The van der Waals surface area contributed by atoms with Crippen molar-refractivity contribution in [2.75, 3.05) is 5.32 Å². The minimum Gasteiger partial charge on any atom is -0.373 e. The molecule has 0 radical (unpaired) electrons. The van der Waals surface area contributed by atoms with E-state index in [0.29, 0.717) is 23.8 Å². The summed E-state index contributed by atoms with van der Waals surface area (Å²) >= 11 is 0. The highest BCUT2D eigenvalue weighted by atomic mass is 16.5. The van der Waals surface area contributed by atoms with Crippen LogP contribution in [-0.2, 0) is 11.8 Å². The molecular weight excluding hydrogens is 216 g/mol. The van der Waals surface area contributed by atoms with Crippen LogP contribution < -0.4 is 5.32 Å². The van der Waals surface area contributed by atoms with Crippen LogP contribution in [0.25, 0.3) is 0 Å². The Morgan fingerprint density at radius 1 is 1.53 bits per heavy atom. The second-order valence-corrected chi connectivity index (χ2v) is 4.90. The maximum absolute atomic E-state index is 9.14. The molecule has 3 atom stereocenters. The van der Waals surface area contributed by atoms with Gasteiger partial charge in [-0.15, -0.1) is 0 Å². The molecule has 5 heteroatoms. The number of nitriles is 1. The fourth-order valence-corrected chi connectivity index (χ4v) is 2.92. The van der Waals surface area contributed by atoms with Gasteiger partial charge in [0.1, 0.15) is 17.5 Å². The third-order valence-electron chi connectivity index (χ3n) is 3.76. The highest BCUT2D eigenvalue weighted by molar-refractivity contribution is 5.55. The molecule has 0 amide bonds. The predicted molar refractivity (Wildman–Crippen MR) is 62.6 cm³/mol. The quantitative estimate of drug-likeness (QED) is 0.835. The molecule has 3 heterocycles. The Balaban J connectivity index is 1.84. The molecule has 1 aromatic heterocycles. The monoisotopic (exact) mass is 232 g/mol.